The predicted molar refractivity (Wildman–Crippen MR) is 104 cm³/mol. The Hall–Kier alpha value is -3.42. The van der Waals surface area contributed by atoms with Gasteiger partial charge in [0.05, 0.1) is 19.8 Å². The maximum absolute atomic E-state index is 12.3. The van der Waals surface area contributed by atoms with Gasteiger partial charge in [0.1, 0.15) is 19.0 Å². The van der Waals surface area contributed by atoms with Crippen molar-refractivity contribution in [3.63, 3.8) is 0 Å². The Morgan fingerprint density at radius 3 is 2.59 bits per heavy atom. The molecule has 0 spiro atoms. The van der Waals surface area contributed by atoms with Crippen molar-refractivity contribution in [1.29, 1.82) is 0 Å². The lowest BCUT2D eigenvalue weighted by molar-refractivity contribution is -0.124. The fourth-order valence-electron chi connectivity index (χ4n) is 2.90. The molecule has 0 aliphatic carbocycles. The molecule has 1 N–H and O–H groups in total. The van der Waals surface area contributed by atoms with Gasteiger partial charge in [0.15, 0.2) is 18.1 Å². The van der Waals surface area contributed by atoms with E-state index in [1.54, 1.807) is 7.11 Å². The molecule has 0 saturated heterocycles. The quantitative estimate of drug-likeness (QED) is 0.676. The molecule has 29 heavy (non-hydrogen) atoms. The molecule has 2 aromatic rings. The van der Waals surface area contributed by atoms with Gasteiger partial charge in [-0.05, 0) is 30.2 Å². The summed E-state index contributed by atoms with van der Waals surface area (Å²) in [6.07, 6.45) is 0.600. The maximum Gasteiger partial charge on any atom is 0.338 e. The number of benzene rings is 2. The molecule has 0 fully saturated rings. The van der Waals surface area contributed by atoms with E-state index in [0.717, 1.165) is 11.3 Å². The van der Waals surface area contributed by atoms with Crippen LogP contribution < -0.4 is 24.3 Å². The molecule has 1 amide bonds. The molecule has 1 heterocycles. The van der Waals surface area contributed by atoms with Crippen molar-refractivity contribution in [3.8, 4) is 23.0 Å². The molecule has 0 atom stereocenters. The van der Waals surface area contributed by atoms with Crippen molar-refractivity contribution in [2.45, 2.75) is 6.42 Å². The van der Waals surface area contributed by atoms with Gasteiger partial charge < -0.3 is 29.0 Å². The molecule has 1 aliphatic heterocycles. The number of rotatable bonds is 8. The number of methoxy groups -OCH3 is 2. The third-order valence-electron chi connectivity index (χ3n) is 4.31. The van der Waals surface area contributed by atoms with Gasteiger partial charge in [-0.3, -0.25) is 4.79 Å². The lowest BCUT2D eigenvalue weighted by Gasteiger charge is -2.21. The lowest BCUT2D eigenvalue weighted by atomic mass is 10.1. The topological polar surface area (TPSA) is 92.3 Å². The number of carbonyl (C=O) groups is 2. The van der Waals surface area contributed by atoms with Crippen LogP contribution in [0.15, 0.2) is 36.4 Å². The van der Waals surface area contributed by atoms with E-state index in [4.69, 9.17) is 23.7 Å². The first-order chi connectivity index (χ1) is 14.1. The summed E-state index contributed by atoms with van der Waals surface area (Å²) in [5.41, 5.74) is 1.20. The lowest BCUT2D eigenvalue weighted by Crippen LogP contribution is -2.30. The smallest absolute Gasteiger partial charge is 0.338 e. The Labute approximate surface area is 168 Å². The summed E-state index contributed by atoms with van der Waals surface area (Å²) < 4.78 is 26.6. The van der Waals surface area contributed by atoms with E-state index in [9.17, 15) is 9.59 Å². The van der Waals surface area contributed by atoms with Gasteiger partial charge in [0.2, 0.25) is 5.75 Å². The Kier molecular flexibility index (Phi) is 6.78. The van der Waals surface area contributed by atoms with E-state index in [0.29, 0.717) is 43.4 Å². The fraction of sp³-hybridized carbons (Fsp3) is 0.333. The maximum atomic E-state index is 12.3. The van der Waals surface area contributed by atoms with Gasteiger partial charge in [-0.1, -0.05) is 18.2 Å². The SMILES string of the molecule is COc1ccccc1CCNC(=O)COC(=O)c1cc(OC)c2c(c1)OCCO2. The second-order valence-corrected chi connectivity index (χ2v) is 6.19. The van der Waals surface area contributed by atoms with Crippen LogP contribution in [0.4, 0.5) is 0 Å². The molecule has 0 aromatic heterocycles. The summed E-state index contributed by atoms with van der Waals surface area (Å²) >= 11 is 0. The van der Waals surface area contributed by atoms with Gasteiger partial charge >= 0.3 is 5.97 Å². The van der Waals surface area contributed by atoms with E-state index in [1.807, 2.05) is 24.3 Å². The van der Waals surface area contributed by atoms with E-state index in [2.05, 4.69) is 5.32 Å². The van der Waals surface area contributed by atoms with Crippen LogP contribution in [-0.2, 0) is 16.0 Å². The van der Waals surface area contributed by atoms with Crippen LogP contribution in [-0.4, -0.2) is 52.5 Å². The predicted octanol–water partition coefficient (Wildman–Crippen LogP) is 1.99. The highest BCUT2D eigenvalue weighted by atomic mass is 16.6. The number of hydrogen-bond donors (Lipinski definition) is 1. The van der Waals surface area contributed by atoms with Crippen LogP contribution in [0.5, 0.6) is 23.0 Å². The molecule has 0 bridgehead atoms. The van der Waals surface area contributed by atoms with Gasteiger partial charge in [0.25, 0.3) is 5.91 Å². The highest BCUT2D eigenvalue weighted by Crippen LogP contribution is 2.40. The average molecular weight is 401 g/mol. The van der Waals surface area contributed by atoms with Gasteiger partial charge in [-0.2, -0.15) is 0 Å². The van der Waals surface area contributed by atoms with Crippen LogP contribution in [0.3, 0.4) is 0 Å². The number of fused-ring (bicyclic) bond motifs is 1. The van der Waals surface area contributed by atoms with Crippen molar-refractivity contribution < 1.29 is 33.3 Å². The molecule has 0 saturated carbocycles. The molecular formula is C21H23NO7. The molecule has 2 aromatic carbocycles. The van der Waals surface area contributed by atoms with Crippen LogP contribution >= 0.6 is 0 Å². The first-order valence-electron chi connectivity index (χ1n) is 9.15. The van der Waals surface area contributed by atoms with Crippen molar-refractivity contribution in [3.05, 3.63) is 47.5 Å². The zero-order chi connectivity index (χ0) is 20.6. The number of ether oxygens (including phenoxy) is 5. The summed E-state index contributed by atoms with van der Waals surface area (Å²) in [6.45, 7) is 0.793. The van der Waals surface area contributed by atoms with Crippen LogP contribution in [0.2, 0.25) is 0 Å². The highest BCUT2D eigenvalue weighted by molar-refractivity contribution is 5.92. The average Bonchev–Trinajstić information content (AvgIpc) is 2.76. The number of esters is 1. The molecule has 0 unspecified atom stereocenters. The largest absolute Gasteiger partial charge is 0.496 e. The van der Waals surface area contributed by atoms with Crippen LogP contribution in [0, 0.1) is 0 Å². The molecule has 1 aliphatic rings. The van der Waals surface area contributed by atoms with E-state index < -0.39 is 11.9 Å². The molecule has 8 nitrogen and oxygen atoms in total. The Bertz CT molecular complexity index is 864. The second-order valence-electron chi connectivity index (χ2n) is 6.19. The Balaban J connectivity index is 1.50. The summed E-state index contributed by atoms with van der Waals surface area (Å²) in [5.74, 6) is 0.947. The molecule has 8 heteroatoms. The van der Waals surface area contributed by atoms with Gasteiger partial charge in [-0.25, -0.2) is 4.79 Å². The third kappa shape index (κ3) is 5.10. The van der Waals surface area contributed by atoms with Gasteiger partial charge in [0, 0.05) is 6.54 Å². The summed E-state index contributed by atoms with van der Waals surface area (Å²) in [4.78, 5) is 24.3. The fourth-order valence-corrected chi connectivity index (χ4v) is 2.90. The standard InChI is InChI=1S/C21H23NO7/c1-25-16-6-4-3-5-14(16)7-8-22-19(23)13-29-21(24)15-11-17(26-2)20-18(12-15)27-9-10-28-20/h3-6,11-12H,7-10,13H2,1-2H3,(H,22,23). The minimum absolute atomic E-state index is 0.216. The van der Waals surface area contributed by atoms with Gasteiger partial charge in [-0.15, -0.1) is 0 Å². The van der Waals surface area contributed by atoms with Crippen LogP contribution in [0.1, 0.15) is 15.9 Å². The summed E-state index contributed by atoms with van der Waals surface area (Å²) in [6, 6.07) is 10.6. The Morgan fingerprint density at radius 1 is 1.03 bits per heavy atom. The Morgan fingerprint density at radius 2 is 1.79 bits per heavy atom. The molecule has 3 rings (SSSR count). The first kappa shape index (κ1) is 20.3. The van der Waals surface area contributed by atoms with Crippen molar-refractivity contribution in [1.82, 2.24) is 5.32 Å². The second kappa shape index (κ2) is 9.68. The highest BCUT2D eigenvalue weighted by Gasteiger charge is 2.22. The normalized spacial score (nSPS) is 12.1. The third-order valence-corrected chi connectivity index (χ3v) is 4.31. The number of para-hydroxylation sites is 1. The molecular weight excluding hydrogens is 378 g/mol. The van der Waals surface area contributed by atoms with Crippen molar-refractivity contribution in [2.24, 2.45) is 0 Å². The van der Waals surface area contributed by atoms with Crippen molar-refractivity contribution >= 4 is 11.9 Å². The zero-order valence-corrected chi connectivity index (χ0v) is 16.4. The number of nitrogens with one attached hydrogen (secondary N) is 1. The minimum Gasteiger partial charge on any atom is -0.496 e. The summed E-state index contributed by atoms with van der Waals surface area (Å²) in [7, 11) is 3.07. The number of hydrogen-bond acceptors (Lipinski definition) is 7. The molecule has 154 valence electrons. The molecule has 0 radical (unpaired) electrons. The zero-order valence-electron chi connectivity index (χ0n) is 16.4. The first-order valence-corrected chi connectivity index (χ1v) is 9.15. The summed E-state index contributed by atoms with van der Waals surface area (Å²) in [5, 5.41) is 2.72. The van der Waals surface area contributed by atoms with E-state index in [-0.39, 0.29) is 12.2 Å². The van der Waals surface area contributed by atoms with E-state index in [1.165, 1.54) is 19.2 Å². The minimum atomic E-state index is -0.653. The number of carbonyl (C=O) groups excluding carboxylic acids is 2. The van der Waals surface area contributed by atoms with E-state index >= 15 is 0 Å². The monoisotopic (exact) mass is 401 g/mol. The van der Waals surface area contributed by atoms with Crippen LogP contribution in [0.25, 0.3) is 0 Å². The number of amides is 1. The van der Waals surface area contributed by atoms with Crippen molar-refractivity contribution in [2.75, 3.05) is 40.6 Å².